The van der Waals surface area contributed by atoms with Crippen LogP contribution < -0.4 is 4.74 Å². The molecule has 0 N–H and O–H groups in total. The summed E-state index contributed by atoms with van der Waals surface area (Å²) in [6, 6.07) is 1.10. The topological polar surface area (TPSA) is 48.0 Å². The van der Waals surface area contributed by atoms with Gasteiger partial charge in [-0.1, -0.05) is 11.4 Å². The molecule has 0 fully saturated rings. The van der Waals surface area contributed by atoms with Crippen LogP contribution in [-0.4, -0.2) is 40.5 Å². The van der Waals surface area contributed by atoms with E-state index in [9.17, 15) is 26.8 Å². The van der Waals surface area contributed by atoms with Crippen LogP contribution in [0, 0.1) is 23.3 Å². The van der Waals surface area contributed by atoms with Crippen LogP contribution in [0.15, 0.2) is 6.07 Å². The van der Waals surface area contributed by atoms with Gasteiger partial charge in [0.05, 0.1) is 6.54 Å². The van der Waals surface area contributed by atoms with Gasteiger partial charge in [-0.3, -0.25) is 0 Å². The minimum absolute atomic E-state index is 0.115. The summed E-state index contributed by atoms with van der Waals surface area (Å²) in [6.45, 7) is 1.41. The molecule has 0 aliphatic carbocycles. The maximum Gasteiger partial charge on any atom is 0.443 e. The molecule has 0 aliphatic heterocycles. The second kappa shape index (κ2) is 9.11. The number of hydrogen-bond acceptors (Lipinski definition) is 4. The zero-order valence-corrected chi connectivity index (χ0v) is 14.9. The lowest BCUT2D eigenvalue weighted by molar-refractivity contribution is 0.0355. The van der Waals surface area contributed by atoms with Crippen LogP contribution in [0.5, 0.6) is 5.75 Å². The summed E-state index contributed by atoms with van der Waals surface area (Å²) >= 11 is 0. The van der Waals surface area contributed by atoms with Gasteiger partial charge in [-0.2, -0.15) is 4.39 Å². The second-order valence-corrected chi connectivity index (χ2v) is 8.87. The summed E-state index contributed by atoms with van der Waals surface area (Å²) in [5.74, 6) is -9.18. The minimum atomic E-state index is -2.47. The third-order valence-corrected chi connectivity index (χ3v) is 7.34. The molecule has 1 rings (SSSR count). The average molecular weight is 387 g/mol. The van der Waals surface area contributed by atoms with Crippen molar-refractivity contribution in [2.75, 3.05) is 20.8 Å². The highest BCUT2D eigenvalue weighted by Crippen LogP contribution is 2.25. The highest BCUT2D eigenvalue weighted by atomic mass is 28.4. The normalized spacial score (nSPS) is 11.5. The summed E-state index contributed by atoms with van der Waals surface area (Å²) < 4.78 is 80.8. The van der Waals surface area contributed by atoms with Gasteiger partial charge in [-0.25, -0.2) is 18.0 Å². The van der Waals surface area contributed by atoms with Crippen LogP contribution in [0.25, 0.3) is 0 Å². The molecular weight excluding hydrogens is 369 g/mol. The number of amides is 1. The van der Waals surface area contributed by atoms with Gasteiger partial charge in [0.25, 0.3) is 0 Å². The van der Waals surface area contributed by atoms with Crippen molar-refractivity contribution in [2.24, 2.45) is 0 Å². The van der Waals surface area contributed by atoms with Crippen LogP contribution in [0.1, 0.15) is 13.3 Å². The highest BCUT2D eigenvalue weighted by Gasteiger charge is 2.33. The third-order valence-electron chi connectivity index (χ3n) is 3.66. The fourth-order valence-electron chi connectivity index (χ4n) is 2.10. The fourth-order valence-corrected chi connectivity index (χ4v) is 4.30. The number of rotatable bonds is 8. The van der Waals surface area contributed by atoms with Gasteiger partial charge in [0.15, 0.2) is 17.4 Å². The van der Waals surface area contributed by atoms with E-state index in [0.29, 0.717) is 12.1 Å². The quantitative estimate of drug-likeness (QED) is 0.222. The molecule has 0 saturated carbocycles. The first-order valence-corrected chi connectivity index (χ1v) is 9.52. The molecule has 0 atom stereocenters. The molecule has 11 heteroatoms. The van der Waals surface area contributed by atoms with E-state index in [2.05, 4.69) is 4.74 Å². The van der Waals surface area contributed by atoms with Gasteiger partial charge in [0.1, 0.15) is 0 Å². The molecule has 1 aromatic rings. The van der Waals surface area contributed by atoms with Crippen molar-refractivity contribution in [3.8, 4) is 5.75 Å². The molecule has 0 aromatic heterocycles. The summed E-state index contributed by atoms with van der Waals surface area (Å²) in [4.78, 5) is 11.5. The maximum atomic E-state index is 13.7. The molecule has 0 radical (unpaired) electrons. The Balaban J connectivity index is 2.67. The Morgan fingerprint density at radius 3 is 2.24 bits per heavy atom. The SMILES string of the molecule is CC[Si](CCCN(F)C(=O)Oc1cc(F)c(F)c(F)c1F)(OC)OC. The number of benzene rings is 1. The lowest BCUT2D eigenvalue weighted by atomic mass is 10.3. The highest BCUT2D eigenvalue weighted by molar-refractivity contribution is 6.67. The first-order valence-electron chi connectivity index (χ1n) is 7.29. The van der Waals surface area contributed by atoms with Crippen LogP contribution in [-0.2, 0) is 8.85 Å². The predicted molar refractivity (Wildman–Crippen MR) is 79.8 cm³/mol. The molecule has 0 unspecified atom stereocenters. The van der Waals surface area contributed by atoms with Crippen molar-refractivity contribution in [1.29, 1.82) is 0 Å². The van der Waals surface area contributed by atoms with Crippen molar-refractivity contribution in [2.45, 2.75) is 25.4 Å². The second-order valence-electron chi connectivity index (χ2n) is 5.03. The van der Waals surface area contributed by atoms with E-state index in [-0.39, 0.29) is 12.5 Å². The first kappa shape index (κ1) is 21.3. The first-order chi connectivity index (χ1) is 11.7. The summed E-state index contributed by atoms with van der Waals surface area (Å²) in [6.07, 6.45) is -1.54. The zero-order valence-electron chi connectivity index (χ0n) is 13.9. The van der Waals surface area contributed by atoms with Crippen molar-refractivity contribution < 1.29 is 40.4 Å². The van der Waals surface area contributed by atoms with Gasteiger partial charge in [-0.05, 0) is 18.5 Å². The molecule has 0 saturated heterocycles. The Kier molecular flexibility index (Phi) is 7.77. The number of carbonyl (C=O) groups excluding carboxylic acids is 1. The molecule has 1 amide bonds. The Morgan fingerprint density at radius 2 is 1.72 bits per heavy atom. The van der Waals surface area contributed by atoms with Gasteiger partial charge < -0.3 is 13.6 Å². The van der Waals surface area contributed by atoms with E-state index < -0.39 is 55.3 Å². The van der Waals surface area contributed by atoms with E-state index in [1.54, 1.807) is 0 Å². The van der Waals surface area contributed by atoms with Crippen LogP contribution in [0.3, 0.4) is 0 Å². The maximum absolute atomic E-state index is 13.7. The largest absolute Gasteiger partial charge is 0.443 e. The Bertz CT molecular complexity index is 607. The molecule has 5 nitrogen and oxygen atoms in total. The lowest BCUT2D eigenvalue weighted by Crippen LogP contribution is -2.40. The Morgan fingerprint density at radius 1 is 1.12 bits per heavy atom. The third kappa shape index (κ3) is 5.12. The zero-order chi connectivity index (χ0) is 19.2. The van der Waals surface area contributed by atoms with Gasteiger partial charge in [0.2, 0.25) is 11.6 Å². The predicted octanol–water partition coefficient (Wildman–Crippen LogP) is 4.07. The van der Waals surface area contributed by atoms with Gasteiger partial charge in [-0.15, -0.1) is 5.12 Å². The number of halogens is 5. The monoisotopic (exact) mass is 387 g/mol. The molecule has 0 heterocycles. The van der Waals surface area contributed by atoms with Crippen molar-refractivity contribution in [3.63, 3.8) is 0 Å². The molecule has 0 spiro atoms. The smallest absolute Gasteiger partial charge is 0.405 e. The standard InChI is InChI=1S/C14H18F5NO4Si/c1-4-25(22-2,23-3)7-5-6-20(19)14(21)24-10-8-9(15)11(16)13(18)12(10)17/h8H,4-7H2,1-3H3. The minimum Gasteiger partial charge on any atom is -0.405 e. The van der Waals surface area contributed by atoms with Gasteiger partial charge in [0, 0.05) is 20.3 Å². The molecular formula is C14H18F5NO4Si. The Labute approximate surface area is 142 Å². The van der Waals surface area contributed by atoms with E-state index in [0.717, 1.165) is 0 Å². The van der Waals surface area contributed by atoms with Crippen molar-refractivity contribution in [3.05, 3.63) is 29.3 Å². The van der Waals surface area contributed by atoms with Gasteiger partial charge >= 0.3 is 14.7 Å². The summed E-state index contributed by atoms with van der Waals surface area (Å²) in [5, 5.41) is -0.390. The van der Waals surface area contributed by atoms with E-state index in [4.69, 9.17) is 8.85 Å². The fraction of sp³-hybridized carbons (Fsp3) is 0.500. The number of nitrogens with zero attached hydrogens (tertiary/aromatic N) is 1. The molecule has 0 bridgehead atoms. The van der Waals surface area contributed by atoms with Crippen LogP contribution >= 0.6 is 0 Å². The number of carbonyl (C=O) groups is 1. The molecule has 142 valence electrons. The van der Waals surface area contributed by atoms with E-state index in [1.165, 1.54) is 14.2 Å². The van der Waals surface area contributed by atoms with Crippen molar-refractivity contribution >= 4 is 14.7 Å². The van der Waals surface area contributed by atoms with Crippen molar-refractivity contribution in [1.82, 2.24) is 5.12 Å². The lowest BCUT2D eigenvalue weighted by Gasteiger charge is -2.26. The molecule has 25 heavy (non-hydrogen) atoms. The number of ether oxygens (including phenoxy) is 1. The molecule has 1 aromatic carbocycles. The molecule has 0 aliphatic rings. The average Bonchev–Trinajstić information content (AvgIpc) is 2.61. The van der Waals surface area contributed by atoms with E-state index >= 15 is 0 Å². The summed E-state index contributed by atoms with van der Waals surface area (Å²) in [5.41, 5.74) is 0. The summed E-state index contributed by atoms with van der Waals surface area (Å²) in [7, 11) is 0.477. The van der Waals surface area contributed by atoms with Crippen LogP contribution in [0.2, 0.25) is 12.1 Å². The Hall–Kier alpha value is -1.72. The number of hydrogen-bond donors (Lipinski definition) is 0. The van der Waals surface area contributed by atoms with Crippen LogP contribution in [0.4, 0.5) is 26.8 Å². The van der Waals surface area contributed by atoms with E-state index in [1.807, 2.05) is 6.92 Å².